The molecule has 2 saturated heterocycles. The van der Waals surface area contributed by atoms with Crippen molar-refractivity contribution in [2.24, 2.45) is 11.8 Å². The van der Waals surface area contributed by atoms with Crippen LogP contribution in [0.15, 0.2) is 0 Å². The molecule has 3 atom stereocenters. The Morgan fingerprint density at radius 2 is 2.36 bits per heavy atom. The minimum absolute atomic E-state index is 0.321. The topological polar surface area (TPSA) is 35.5 Å². The lowest BCUT2D eigenvalue weighted by Crippen LogP contribution is -2.47. The second-order valence-electron chi connectivity index (χ2n) is 4.91. The van der Waals surface area contributed by atoms with Crippen molar-refractivity contribution in [3.63, 3.8) is 0 Å². The van der Waals surface area contributed by atoms with Crippen molar-refractivity contribution in [1.29, 1.82) is 0 Å². The molecule has 2 heterocycles. The SMILES string of the molecule is CC(CO)CN1CCCC2CNCC21. The first-order valence-electron chi connectivity index (χ1n) is 5.87. The number of hydrogen-bond acceptors (Lipinski definition) is 3. The van der Waals surface area contributed by atoms with Crippen LogP contribution >= 0.6 is 0 Å². The molecule has 0 aromatic heterocycles. The highest BCUT2D eigenvalue weighted by molar-refractivity contribution is 4.92. The molecule has 0 bridgehead atoms. The largest absolute Gasteiger partial charge is 0.396 e. The molecule has 0 aliphatic carbocycles. The van der Waals surface area contributed by atoms with Gasteiger partial charge in [0.05, 0.1) is 0 Å². The first-order chi connectivity index (χ1) is 6.81. The highest BCUT2D eigenvalue weighted by atomic mass is 16.3. The zero-order chi connectivity index (χ0) is 9.97. The molecular weight excluding hydrogens is 176 g/mol. The van der Waals surface area contributed by atoms with Crippen LogP contribution in [0.3, 0.4) is 0 Å². The number of rotatable bonds is 3. The lowest BCUT2D eigenvalue weighted by atomic mass is 9.91. The van der Waals surface area contributed by atoms with Crippen LogP contribution in [-0.2, 0) is 0 Å². The smallest absolute Gasteiger partial charge is 0.0468 e. The number of piperidine rings is 1. The van der Waals surface area contributed by atoms with Crippen LogP contribution in [-0.4, -0.2) is 48.8 Å². The quantitative estimate of drug-likeness (QED) is 0.684. The zero-order valence-corrected chi connectivity index (χ0v) is 9.08. The van der Waals surface area contributed by atoms with Gasteiger partial charge in [-0.1, -0.05) is 6.92 Å². The molecule has 2 rings (SSSR count). The number of nitrogens with one attached hydrogen (secondary N) is 1. The molecule has 3 unspecified atom stereocenters. The van der Waals surface area contributed by atoms with E-state index in [0.29, 0.717) is 12.5 Å². The molecule has 0 aromatic carbocycles. The summed E-state index contributed by atoms with van der Waals surface area (Å²) >= 11 is 0. The Balaban J connectivity index is 1.90. The summed E-state index contributed by atoms with van der Waals surface area (Å²) in [6, 6.07) is 0.748. The second kappa shape index (κ2) is 4.60. The molecule has 82 valence electrons. The molecule has 2 aliphatic heterocycles. The van der Waals surface area contributed by atoms with E-state index in [9.17, 15) is 0 Å². The molecule has 2 N–H and O–H groups in total. The van der Waals surface area contributed by atoms with Gasteiger partial charge in [-0.25, -0.2) is 0 Å². The summed E-state index contributed by atoms with van der Waals surface area (Å²) < 4.78 is 0. The minimum Gasteiger partial charge on any atom is -0.396 e. The summed E-state index contributed by atoms with van der Waals surface area (Å²) in [4.78, 5) is 2.58. The van der Waals surface area contributed by atoms with E-state index in [2.05, 4.69) is 17.1 Å². The summed E-state index contributed by atoms with van der Waals surface area (Å²) in [5, 5.41) is 12.5. The van der Waals surface area contributed by atoms with Crippen LogP contribution in [0, 0.1) is 11.8 Å². The Labute approximate surface area is 86.5 Å². The maximum Gasteiger partial charge on any atom is 0.0468 e. The third-order valence-electron chi connectivity index (χ3n) is 3.65. The predicted molar refractivity (Wildman–Crippen MR) is 57.2 cm³/mol. The molecular formula is C11H22N2O. The van der Waals surface area contributed by atoms with E-state index < -0.39 is 0 Å². The summed E-state index contributed by atoms with van der Waals surface area (Å²) in [5.41, 5.74) is 0. The number of nitrogens with zero attached hydrogens (tertiary/aromatic N) is 1. The number of aliphatic hydroxyl groups excluding tert-OH is 1. The highest BCUT2D eigenvalue weighted by Crippen LogP contribution is 2.26. The van der Waals surface area contributed by atoms with Crippen LogP contribution in [0.5, 0.6) is 0 Å². The maximum absolute atomic E-state index is 9.06. The van der Waals surface area contributed by atoms with Gasteiger partial charge in [0.25, 0.3) is 0 Å². The van der Waals surface area contributed by atoms with Gasteiger partial charge in [0.2, 0.25) is 0 Å². The van der Waals surface area contributed by atoms with Gasteiger partial charge in [-0.2, -0.15) is 0 Å². The maximum atomic E-state index is 9.06. The summed E-state index contributed by atoms with van der Waals surface area (Å²) in [6.07, 6.45) is 2.72. The van der Waals surface area contributed by atoms with Crippen LogP contribution in [0.1, 0.15) is 19.8 Å². The van der Waals surface area contributed by atoms with E-state index in [1.165, 1.54) is 25.9 Å². The molecule has 3 nitrogen and oxygen atoms in total. The van der Waals surface area contributed by atoms with Gasteiger partial charge < -0.3 is 10.4 Å². The Bertz CT molecular complexity index is 186. The first-order valence-corrected chi connectivity index (χ1v) is 5.87. The van der Waals surface area contributed by atoms with Gasteiger partial charge in [-0.05, 0) is 37.8 Å². The van der Waals surface area contributed by atoms with Crippen molar-refractivity contribution >= 4 is 0 Å². The first kappa shape index (κ1) is 10.4. The second-order valence-corrected chi connectivity index (χ2v) is 4.91. The average molecular weight is 198 g/mol. The van der Waals surface area contributed by atoms with Gasteiger partial charge in [0.1, 0.15) is 0 Å². The summed E-state index contributed by atoms with van der Waals surface area (Å²) in [5.74, 6) is 1.30. The van der Waals surface area contributed by atoms with Crippen molar-refractivity contribution in [2.45, 2.75) is 25.8 Å². The summed E-state index contributed by atoms with van der Waals surface area (Å²) in [6.45, 7) is 7.11. The molecule has 3 heteroatoms. The third kappa shape index (κ3) is 2.10. The van der Waals surface area contributed by atoms with Crippen molar-refractivity contribution in [2.75, 3.05) is 32.8 Å². The fourth-order valence-corrected chi connectivity index (χ4v) is 2.85. The number of aliphatic hydroxyl groups is 1. The number of likely N-dealkylation sites (tertiary alicyclic amines) is 1. The van der Waals surface area contributed by atoms with Crippen molar-refractivity contribution in [1.82, 2.24) is 10.2 Å². The molecule has 0 aromatic rings. The Morgan fingerprint density at radius 1 is 1.50 bits per heavy atom. The van der Waals surface area contributed by atoms with Crippen molar-refractivity contribution in [3.05, 3.63) is 0 Å². The van der Waals surface area contributed by atoms with Crippen molar-refractivity contribution < 1.29 is 5.11 Å². The van der Waals surface area contributed by atoms with Gasteiger partial charge in [-0.3, -0.25) is 4.90 Å². The number of hydrogen-bond donors (Lipinski definition) is 2. The molecule has 14 heavy (non-hydrogen) atoms. The van der Waals surface area contributed by atoms with Gasteiger partial charge in [0.15, 0.2) is 0 Å². The Kier molecular flexibility index (Phi) is 3.42. The van der Waals surface area contributed by atoms with Gasteiger partial charge >= 0.3 is 0 Å². The normalized spacial score (nSPS) is 35.6. The molecule has 0 saturated carbocycles. The fourth-order valence-electron chi connectivity index (χ4n) is 2.85. The van der Waals surface area contributed by atoms with Crippen molar-refractivity contribution in [3.8, 4) is 0 Å². The van der Waals surface area contributed by atoms with Crippen LogP contribution < -0.4 is 5.32 Å². The van der Waals surface area contributed by atoms with Crippen LogP contribution in [0.4, 0.5) is 0 Å². The van der Waals surface area contributed by atoms with Crippen LogP contribution in [0.25, 0.3) is 0 Å². The Hall–Kier alpha value is -0.120. The average Bonchev–Trinajstić information content (AvgIpc) is 2.66. The highest BCUT2D eigenvalue weighted by Gasteiger charge is 2.34. The van der Waals surface area contributed by atoms with E-state index in [-0.39, 0.29) is 0 Å². The molecule has 2 aliphatic rings. The van der Waals surface area contributed by atoms with Crippen LogP contribution in [0.2, 0.25) is 0 Å². The van der Waals surface area contributed by atoms with E-state index in [4.69, 9.17) is 5.11 Å². The fraction of sp³-hybridized carbons (Fsp3) is 1.00. The molecule has 0 radical (unpaired) electrons. The van der Waals surface area contributed by atoms with E-state index in [1.54, 1.807) is 0 Å². The molecule has 0 spiro atoms. The predicted octanol–water partition coefficient (Wildman–Crippen LogP) is 0.299. The molecule has 0 amide bonds. The number of fused-ring (bicyclic) bond motifs is 1. The van der Waals surface area contributed by atoms with E-state index >= 15 is 0 Å². The Morgan fingerprint density at radius 3 is 3.14 bits per heavy atom. The van der Waals surface area contributed by atoms with E-state index in [0.717, 1.165) is 25.0 Å². The summed E-state index contributed by atoms with van der Waals surface area (Å²) in [7, 11) is 0. The zero-order valence-electron chi connectivity index (χ0n) is 9.08. The van der Waals surface area contributed by atoms with Gasteiger partial charge in [0, 0.05) is 25.7 Å². The van der Waals surface area contributed by atoms with E-state index in [1.807, 2.05) is 0 Å². The third-order valence-corrected chi connectivity index (χ3v) is 3.65. The monoisotopic (exact) mass is 198 g/mol. The lowest BCUT2D eigenvalue weighted by molar-refractivity contribution is 0.0913. The standard InChI is InChI=1S/C11H22N2O/c1-9(8-14)7-13-4-2-3-10-5-12-6-11(10)13/h9-12,14H,2-8H2,1H3. The minimum atomic E-state index is 0.321. The lowest BCUT2D eigenvalue weighted by Gasteiger charge is -2.38. The molecule has 2 fully saturated rings. The van der Waals surface area contributed by atoms with Gasteiger partial charge in [-0.15, -0.1) is 0 Å².